The van der Waals surface area contributed by atoms with Gasteiger partial charge >= 0.3 is 5.97 Å². The molecule has 0 aliphatic carbocycles. The zero-order chi connectivity index (χ0) is 18.9. The SMILES string of the molecule is CCCCOC(=O)c1ccccc1NC(=O)CSc1nnc(C)c(=O)[nH]1. The number of anilines is 1. The Hall–Kier alpha value is -2.68. The molecule has 1 heterocycles. The third kappa shape index (κ3) is 5.69. The van der Waals surface area contributed by atoms with Gasteiger partial charge in [0.2, 0.25) is 5.91 Å². The fraction of sp³-hybridized carbons (Fsp3) is 0.353. The van der Waals surface area contributed by atoms with E-state index in [0.717, 1.165) is 24.6 Å². The summed E-state index contributed by atoms with van der Waals surface area (Å²) in [5, 5.41) is 10.4. The number of amides is 1. The fourth-order valence-electron chi connectivity index (χ4n) is 1.92. The molecule has 0 bridgehead atoms. The van der Waals surface area contributed by atoms with E-state index in [-0.39, 0.29) is 28.1 Å². The molecule has 9 heteroatoms. The van der Waals surface area contributed by atoms with Gasteiger partial charge in [-0.2, -0.15) is 0 Å². The summed E-state index contributed by atoms with van der Waals surface area (Å²) in [6.07, 6.45) is 1.71. The van der Waals surface area contributed by atoms with Crippen molar-refractivity contribution < 1.29 is 14.3 Å². The Morgan fingerprint density at radius 3 is 2.77 bits per heavy atom. The monoisotopic (exact) mass is 376 g/mol. The summed E-state index contributed by atoms with van der Waals surface area (Å²) in [5.41, 5.74) is 0.589. The lowest BCUT2D eigenvalue weighted by atomic mass is 10.2. The van der Waals surface area contributed by atoms with Crippen molar-refractivity contribution in [2.24, 2.45) is 0 Å². The predicted octanol–water partition coefficient (Wildman–Crippen LogP) is 2.16. The molecular formula is C17H20N4O4S. The van der Waals surface area contributed by atoms with E-state index in [4.69, 9.17) is 4.74 Å². The van der Waals surface area contributed by atoms with E-state index in [2.05, 4.69) is 20.5 Å². The minimum Gasteiger partial charge on any atom is -0.462 e. The second-order valence-corrected chi connectivity index (χ2v) is 6.38. The highest BCUT2D eigenvalue weighted by Crippen LogP contribution is 2.18. The van der Waals surface area contributed by atoms with Crippen LogP contribution in [0.15, 0.2) is 34.2 Å². The number of carbonyl (C=O) groups is 2. The van der Waals surface area contributed by atoms with Crippen molar-refractivity contribution in [1.29, 1.82) is 0 Å². The summed E-state index contributed by atoms with van der Waals surface area (Å²) >= 11 is 1.04. The highest BCUT2D eigenvalue weighted by atomic mass is 32.2. The number of aromatic amines is 1. The van der Waals surface area contributed by atoms with E-state index in [0.29, 0.717) is 17.9 Å². The molecule has 26 heavy (non-hydrogen) atoms. The van der Waals surface area contributed by atoms with Gasteiger partial charge in [0.1, 0.15) is 5.69 Å². The number of rotatable bonds is 8. The lowest BCUT2D eigenvalue weighted by Gasteiger charge is -2.10. The lowest BCUT2D eigenvalue weighted by molar-refractivity contribution is -0.113. The van der Waals surface area contributed by atoms with Crippen molar-refractivity contribution in [3.63, 3.8) is 0 Å². The van der Waals surface area contributed by atoms with Crippen LogP contribution in [0, 0.1) is 6.92 Å². The van der Waals surface area contributed by atoms with Crippen LogP contribution < -0.4 is 10.9 Å². The number of aryl methyl sites for hydroxylation is 1. The molecule has 2 N–H and O–H groups in total. The number of nitrogens with zero attached hydrogens (tertiary/aromatic N) is 2. The van der Waals surface area contributed by atoms with Crippen molar-refractivity contribution in [2.45, 2.75) is 31.8 Å². The number of H-pyrrole nitrogens is 1. The van der Waals surface area contributed by atoms with E-state index >= 15 is 0 Å². The van der Waals surface area contributed by atoms with Gasteiger partial charge in [-0.1, -0.05) is 37.2 Å². The number of unbranched alkanes of at least 4 members (excludes halogenated alkanes) is 1. The molecule has 0 spiro atoms. The lowest BCUT2D eigenvalue weighted by Crippen LogP contribution is -2.19. The Kier molecular flexibility index (Phi) is 7.34. The molecule has 0 saturated heterocycles. The number of hydrogen-bond donors (Lipinski definition) is 2. The van der Waals surface area contributed by atoms with Gasteiger partial charge in [0, 0.05) is 0 Å². The predicted molar refractivity (Wildman–Crippen MR) is 98.4 cm³/mol. The van der Waals surface area contributed by atoms with Crippen LogP contribution in [0.1, 0.15) is 35.8 Å². The van der Waals surface area contributed by atoms with Crippen LogP contribution in [0.5, 0.6) is 0 Å². The molecule has 1 aromatic heterocycles. The standard InChI is InChI=1S/C17H20N4O4S/c1-3-4-9-25-16(24)12-7-5-6-8-13(12)18-14(22)10-26-17-19-15(23)11(2)20-21-17/h5-8H,3-4,9-10H2,1-2H3,(H,18,22)(H,19,21,23). The van der Waals surface area contributed by atoms with Gasteiger partial charge in [0.25, 0.3) is 5.56 Å². The smallest absolute Gasteiger partial charge is 0.340 e. The first-order valence-corrected chi connectivity index (χ1v) is 9.12. The van der Waals surface area contributed by atoms with Gasteiger partial charge in [0.05, 0.1) is 23.6 Å². The summed E-state index contributed by atoms with van der Waals surface area (Å²) in [7, 11) is 0. The molecule has 138 valence electrons. The van der Waals surface area contributed by atoms with E-state index in [1.54, 1.807) is 31.2 Å². The molecule has 0 radical (unpaired) electrons. The molecule has 2 rings (SSSR count). The summed E-state index contributed by atoms with van der Waals surface area (Å²) in [5.74, 6) is -0.810. The number of para-hydroxylation sites is 1. The number of hydrogen-bond acceptors (Lipinski definition) is 7. The average molecular weight is 376 g/mol. The van der Waals surface area contributed by atoms with E-state index in [9.17, 15) is 14.4 Å². The zero-order valence-electron chi connectivity index (χ0n) is 14.6. The van der Waals surface area contributed by atoms with Crippen LogP contribution in [-0.4, -0.2) is 39.4 Å². The largest absolute Gasteiger partial charge is 0.462 e. The second-order valence-electron chi connectivity index (χ2n) is 5.42. The van der Waals surface area contributed by atoms with Crippen LogP contribution in [-0.2, 0) is 9.53 Å². The molecule has 0 aliphatic rings. The van der Waals surface area contributed by atoms with Crippen LogP contribution in [0.3, 0.4) is 0 Å². The van der Waals surface area contributed by atoms with Crippen LogP contribution in [0.2, 0.25) is 0 Å². The van der Waals surface area contributed by atoms with Gasteiger partial charge in [-0.15, -0.1) is 10.2 Å². The number of esters is 1. The highest BCUT2D eigenvalue weighted by molar-refractivity contribution is 7.99. The van der Waals surface area contributed by atoms with Gasteiger partial charge in [-0.05, 0) is 25.5 Å². The van der Waals surface area contributed by atoms with Crippen LogP contribution >= 0.6 is 11.8 Å². The van der Waals surface area contributed by atoms with E-state index in [1.165, 1.54) is 0 Å². The summed E-state index contributed by atoms with van der Waals surface area (Å²) < 4.78 is 5.19. The Bertz CT molecular complexity index is 838. The maximum Gasteiger partial charge on any atom is 0.340 e. The first kappa shape index (κ1) is 19.6. The van der Waals surface area contributed by atoms with Crippen molar-refractivity contribution in [3.05, 3.63) is 45.9 Å². The molecular weight excluding hydrogens is 356 g/mol. The van der Waals surface area contributed by atoms with Gasteiger partial charge < -0.3 is 10.1 Å². The minimum absolute atomic E-state index is 0.00684. The maximum absolute atomic E-state index is 12.1. The Morgan fingerprint density at radius 1 is 1.27 bits per heavy atom. The fourth-order valence-corrected chi connectivity index (χ4v) is 2.52. The van der Waals surface area contributed by atoms with Crippen molar-refractivity contribution in [2.75, 3.05) is 17.7 Å². The molecule has 0 aliphatic heterocycles. The number of aromatic nitrogens is 3. The number of ether oxygens (including phenoxy) is 1. The molecule has 8 nitrogen and oxygen atoms in total. The van der Waals surface area contributed by atoms with Crippen molar-refractivity contribution in [3.8, 4) is 0 Å². The Balaban J connectivity index is 1.97. The van der Waals surface area contributed by atoms with Gasteiger partial charge in [-0.25, -0.2) is 4.79 Å². The highest BCUT2D eigenvalue weighted by Gasteiger charge is 2.14. The summed E-state index contributed by atoms with van der Waals surface area (Å²) in [6.45, 7) is 3.89. The molecule has 1 amide bonds. The van der Waals surface area contributed by atoms with Crippen molar-refractivity contribution in [1.82, 2.24) is 15.2 Å². The minimum atomic E-state index is -0.476. The topological polar surface area (TPSA) is 114 Å². The second kappa shape index (κ2) is 9.71. The summed E-state index contributed by atoms with van der Waals surface area (Å²) in [4.78, 5) is 38.3. The van der Waals surface area contributed by atoms with E-state index < -0.39 is 5.97 Å². The van der Waals surface area contributed by atoms with Crippen LogP contribution in [0.25, 0.3) is 0 Å². The van der Waals surface area contributed by atoms with Crippen LogP contribution in [0.4, 0.5) is 5.69 Å². The van der Waals surface area contributed by atoms with Gasteiger partial charge in [0.15, 0.2) is 5.16 Å². The van der Waals surface area contributed by atoms with Crippen molar-refractivity contribution >= 4 is 29.3 Å². The third-order valence-electron chi connectivity index (χ3n) is 3.33. The molecule has 2 aromatic rings. The third-order valence-corrected chi connectivity index (χ3v) is 4.20. The Morgan fingerprint density at radius 2 is 2.04 bits per heavy atom. The number of nitrogens with one attached hydrogen (secondary N) is 2. The first-order chi connectivity index (χ1) is 12.5. The molecule has 0 atom stereocenters. The summed E-state index contributed by atoms with van der Waals surface area (Å²) in [6, 6.07) is 6.65. The van der Waals surface area contributed by atoms with Gasteiger partial charge in [-0.3, -0.25) is 14.6 Å². The average Bonchev–Trinajstić information content (AvgIpc) is 2.63. The molecule has 1 aromatic carbocycles. The molecule has 0 saturated carbocycles. The quantitative estimate of drug-likeness (QED) is 0.412. The van der Waals surface area contributed by atoms with E-state index in [1.807, 2.05) is 6.92 Å². The maximum atomic E-state index is 12.1. The number of benzene rings is 1. The molecule has 0 unspecified atom stereocenters. The first-order valence-electron chi connectivity index (χ1n) is 8.13. The number of thioether (sulfide) groups is 1. The molecule has 0 fully saturated rings. The Labute approximate surface area is 154 Å². The zero-order valence-corrected chi connectivity index (χ0v) is 15.4. The normalized spacial score (nSPS) is 10.4. The number of carbonyl (C=O) groups excluding carboxylic acids is 2.